The molecule has 0 aliphatic heterocycles. The fourth-order valence-corrected chi connectivity index (χ4v) is 2.32. The normalized spacial score (nSPS) is 11.0. The minimum atomic E-state index is -0.161. The zero-order valence-electron chi connectivity index (χ0n) is 17.4. The van der Waals surface area contributed by atoms with E-state index >= 15 is 0 Å². The topological polar surface area (TPSA) is 35.5 Å². The van der Waals surface area contributed by atoms with Crippen LogP contribution in [0.25, 0.3) is 0 Å². The van der Waals surface area contributed by atoms with Gasteiger partial charge in [0.15, 0.2) is 0 Å². The first kappa shape index (κ1) is 25.5. The monoisotopic (exact) mass is 350 g/mol. The van der Waals surface area contributed by atoms with Gasteiger partial charge in [0.25, 0.3) is 0 Å². The Hall–Kier alpha value is -1.77. The summed E-state index contributed by atoms with van der Waals surface area (Å²) < 4.78 is 9.94. The molecule has 0 N–H and O–H groups in total. The van der Waals surface area contributed by atoms with Gasteiger partial charge in [0.1, 0.15) is 5.75 Å². The number of allylic oxidation sites excluding steroid dienone is 2. The SMILES string of the molecule is C1=CCCC1.CC.CC.COC(=O)CCCc1cccc(C)c1OC. The van der Waals surface area contributed by atoms with E-state index in [1.165, 1.54) is 26.4 Å². The van der Waals surface area contributed by atoms with Crippen LogP contribution in [-0.2, 0) is 16.0 Å². The number of esters is 1. The van der Waals surface area contributed by atoms with Crippen molar-refractivity contribution >= 4 is 5.97 Å². The van der Waals surface area contributed by atoms with Crippen molar-refractivity contribution < 1.29 is 14.3 Å². The third-order valence-corrected chi connectivity index (χ3v) is 3.46. The van der Waals surface area contributed by atoms with Gasteiger partial charge in [-0.3, -0.25) is 4.79 Å². The number of benzene rings is 1. The molecule has 1 aromatic rings. The molecule has 25 heavy (non-hydrogen) atoms. The van der Waals surface area contributed by atoms with Crippen molar-refractivity contribution in [2.75, 3.05) is 14.2 Å². The Balaban J connectivity index is 0. The van der Waals surface area contributed by atoms with E-state index in [-0.39, 0.29) is 5.97 Å². The standard InChI is InChI=1S/C13H18O3.C5H8.2C2H6/c1-10-6-4-7-11(13(10)16-3)8-5-9-12(14)15-2;1-2-4-5-3-1;2*1-2/h4,6-7H,5,8-9H2,1-3H3;1-2H,3-5H2;2*1-2H3. The lowest BCUT2D eigenvalue weighted by molar-refractivity contribution is -0.140. The second kappa shape index (κ2) is 18.6. The highest BCUT2D eigenvalue weighted by Crippen LogP contribution is 2.24. The number of carbonyl (C=O) groups is 1. The van der Waals surface area contributed by atoms with Gasteiger partial charge in [0.05, 0.1) is 14.2 Å². The quantitative estimate of drug-likeness (QED) is 0.463. The molecule has 0 spiro atoms. The average molecular weight is 351 g/mol. The Morgan fingerprint density at radius 1 is 1.04 bits per heavy atom. The van der Waals surface area contributed by atoms with Gasteiger partial charge in [-0.25, -0.2) is 0 Å². The molecule has 0 fully saturated rings. The predicted octanol–water partition coefficient (Wildman–Crippen LogP) is 6.28. The van der Waals surface area contributed by atoms with Crippen LogP contribution in [0.4, 0.5) is 0 Å². The number of rotatable bonds is 5. The van der Waals surface area contributed by atoms with E-state index in [0.29, 0.717) is 6.42 Å². The van der Waals surface area contributed by atoms with Gasteiger partial charge in [-0.05, 0) is 50.2 Å². The molecule has 0 unspecified atom stereocenters. The summed E-state index contributed by atoms with van der Waals surface area (Å²) in [5.41, 5.74) is 2.27. The average Bonchev–Trinajstić information content (AvgIpc) is 3.25. The first-order valence-corrected chi connectivity index (χ1v) is 9.53. The largest absolute Gasteiger partial charge is 0.496 e. The van der Waals surface area contributed by atoms with E-state index in [2.05, 4.69) is 16.9 Å². The van der Waals surface area contributed by atoms with Crippen molar-refractivity contribution in [2.45, 2.75) is 73.1 Å². The summed E-state index contributed by atoms with van der Waals surface area (Å²) in [5, 5.41) is 0. The highest BCUT2D eigenvalue weighted by molar-refractivity contribution is 5.69. The van der Waals surface area contributed by atoms with E-state index in [0.717, 1.165) is 29.7 Å². The van der Waals surface area contributed by atoms with Gasteiger partial charge in [0, 0.05) is 6.42 Å². The molecule has 2 rings (SSSR count). The second-order valence-corrected chi connectivity index (χ2v) is 5.10. The van der Waals surface area contributed by atoms with E-state index in [4.69, 9.17) is 4.74 Å². The van der Waals surface area contributed by atoms with E-state index in [9.17, 15) is 4.79 Å². The Kier molecular flexibility index (Phi) is 18.9. The molecule has 0 saturated carbocycles. The zero-order valence-corrected chi connectivity index (χ0v) is 17.4. The van der Waals surface area contributed by atoms with Crippen LogP contribution < -0.4 is 4.74 Å². The maximum atomic E-state index is 11.0. The smallest absolute Gasteiger partial charge is 0.305 e. The summed E-state index contributed by atoms with van der Waals surface area (Å²) in [7, 11) is 3.09. The minimum absolute atomic E-state index is 0.161. The molecule has 0 amide bonds. The molecule has 0 saturated heterocycles. The lowest BCUT2D eigenvalue weighted by Gasteiger charge is -2.10. The molecule has 0 radical (unpaired) electrons. The fourth-order valence-electron chi connectivity index (χ4n) is 2.32. The number of para-hydroxylation sites is 1. The molecule has 1 aliphatic carbocycles. The third-order valence-electron chi connectivity index (χ3n) is 3.46. The molecule has 1 aliphatic rings. The van der Waals surface area contributed by atoms with Gasteiger partial charge >= 0.3 is 5.97 Å². The van der Waals surface area contributed by atoms with Crippen molar-refractivity contribution in [3.63, 3.8) is 0 Å². The number of hydrogen-bond donors (Lipinski definition) is 0. The Labute approximate surface area is 155 Å². The maximum Gasteiger partial charge on any atom is 0.305 e. The highest BCUT2D eigenvalue weighted by atomic mass is 16.5. The van der Waals surface area contributed by atoms with Crippen LogP contribution in [-0.4, -0.2) is 20.2 Å². The molecule has 144 valence electrons. The summed E-state index contributed by atoms with van der Waals surface area (Å²) in [6.07, 6.45) is 10.6. The predicted molar refractivity (Wildman–Crippen MR) is 108 cm³/mol. The van der Waals surface area contributed by atoms with Crippen molar-refractivity contribution in [1.29, 1.82) is 0 Å². The number of methoxy groups -OCH3 is 2. The fraction of sp³-hybridized carbons (Fsp3) is 0.591. The Morgan fingerprint density at radius 3 is 2.08 bits per heavy atom. The van der Waals surface area contributed by atoms with Crippen molar-refractivity contribution in [2.24, 2.45) is 0 Å². The van der Waals surface area contributed by atoms with Crippen LogP contribution in [0.5, 0.6) is 5.75 Å². The molecule has 0 atom stereocenters. The molecular formula is C22H38O3. The van der Waals surface area contributed by atoms with Crippen LogP contribution in [0.3, 0.4) is 0 Å². The van der Waals surface area contributed by atoms with Crippen LogP contribution in [0.1, 0.15) is 70.9 Å². The van der Waals surface area contributed by atoms with Crippen LogP contribution in [0.15, 0.2) is 30.4 Å². The molecule has 0 bridgehead atoms. The second-order valence-electron chi connectivity index (χ2n) is 5.10. The van der Waals surface area contributed by atoms with E-state index in [1.807, 2.05) is 52.8 Å². The van der Waals surface area contributed by atoms with Crippen LogP contribution >= 0.6 is 0 Å². The zero-order chi connectivity index (χ0) is 19.5. The molecule has 1 aromatic carbocycles. The van der Waals surface area contributed by atoms with E-state index in [1.54, 1.807) is 7.11 Å². The summed E-state index contributed by atoms with van der Waals surface area (Å²) in [5.74, 6) is 0.763. The van der Waals surface area contributed by atoms with Crippen molar-refractivity contribution in [3.05, 3.63) is 41.5 Å². The minimum Gasteiger partial charge on any atom is -0.496 e. The summed E-state index contributed by atoms with van der Waals surface area (Å²) in [6, 6.07) is 6.05. The van der Waals surface area contributed by atoms with Gasteiger partial charge in [-0.1, -0.05) is 58.0 Å². The summed E-state index contributed by atoms with van der Waals surface area (Å²) in [4.78, 5) is 11.0. The molecule has 0 heterocycles. The van der Waals surface area contributed by atoms with Gasteiger partial charge < -0.3 is 9.47 Å². The number of hydrogen-bond acceptors (Lipinski definition) is 3. The van der Waals surface area contributed by atoms with Gasteiger partial charge in [0.2, 0.25) is 0 Å². The van der Waals surface area contributed by atoms with Crippen molar-refractivity contribution in [3.8, 4) is 5.75 Å². The van der Waals surface area contributed by atoms with E-state index < -0.39 is 0 Å². The molecule has 3 nitrogen and oxygen atoms in total. The Bertz CT molecular complexity index is 458. The van der Waals surface area contributed by atoms with Gasteiger partial charge in [-0.2, -0.15) is 0 Å². The van der Waals surface area contributed by atoms with Crippen LogP contribution in [0, 0.1) is 6.92 Å². The lowest BCUT2D eigenvalue weighted by Crippen LogP contribution is -2.01. The maximum absolute atomic E-state index is 11.0. The molecule has 0 aromatic heterocycles. The van der Waals surface area contributed by atoms with Gasteiger partial charge in [-0.15, -0.1) is 0 Å². The number of aryl methyl sites for hydroxylation is 2. The first-order chi connectivity index (χ1) is 12.2. The molecular weight excluding hydrogens is 312 g/mol. The lowest BCUT2D eigenvalue weighted by atomic mass is 10.0. The van der Waals surface area contributed by atoms with Crippen molar-refractivity contribution in [1.82, 2.24) is 0 Å². The van der Waals surface area contributed by atoms with Crippen LogP contribution in [0.2, 0.25) is 0 Å². The number of ether oxygens (including phenoxy) is 2. The Morgan fingerprint density at radius 2 is 1.64 bits per heavy atom. The highest BCUT2D eigenvalue weighted by Gasteiger charge is 2.06. The third kappa shape index (κ3) is 12.3. The first-order valence-electron chi connectivity index (χ1n) is 9.53. The number of carbonyl (C=O) groups excluding carboxylic acids is 1. The summed E-state index contributed by atoms with van der Waals surface area (Å²) in [6.45, 7) is 10.0. The molecule has 3 heteroatoms. The summed E-state index contributed by atoms with van der Waals surface area (Å²) >= 11 is 0.